The van der Waals surface area contributed by atoms with Crippen LogP contribution in [0.1, 0.15) is 18.2 Å². The number of benzene rings is 2. The number of hydrogen-bond donors (Lipinski definition) is 0. The fraction of sp³-hybridized carbons (Fsp3) is 0.111. The molecule has 5 heteroatoms. The maximum Gasteiger partial charge on any atom is 0.308 e. The summed E-state index contributed by atoms with van der Waals surface area (Å²) in [7, 11) is 0. The first-order valence-corrected chi connectivity index (χ1v) is 8.29. The van der Waals surface area contributed by atoms with E-state index in [2.05, 4.69) is 4.98 Å². The summed E-state index contributed by atoms with van der Waals surface area (Å²) in [5.74, 6) is -0.342. The van der Waals surface area contributed by atoms with Crippen LogP contribution < -0.4 is 4.74 Å². The van der Waals surface area contributed by atoms with Crippen LogP contribution in [0.2, 0.25) is 5.02 Å². The summed E-state index contributed by atoms with van der Waals surface area (Å²) in [5, 5.41) is 2.03. The van der Waals surface area contributed by atoms with Gasteiger partial charge in [0.2, 0.25) is 5.06 Å². The van der Waals surface area contributed by atoms with Gasteiger partial charge in [-0.2, -0.15) is 0 Å². The summed E-state index contributed by atoms with van der Waals surface area (Å²) in [6.07, 6.45) is 0.619. The number of thiazole rings is 1. The summed E-state index contributed by atoms with van der Waals surface area (Å²) < 4.78 is 5.33. The number of halogens is 1. The highest BCUT2D eigenvalue weighted by molar-refractivity contribution is 7.17. The molecule has 0 aliphatic rings. The van der Waals surface area contributed by atoms with E-state index < -0.39 is 0 Å². The molecule has 0 fully saturated rings. The molecule has 23 heavy (non-hydrogen) atoms. The lowest BCUT2D eigenvalue weighted by molar-refractivity contribution is -0.131. The zero-order valence-corrected chi connectivity index (χ0v) is 14.0. The number of hydrogen-bond acceptors (Lipinski definition) is 4. The standard InChI is InChI=1S/C18H14ClNO2S/c1-12(21)22-18-16(11-13-5-3-2-4-6-13)20-17(23-18)14-7-9-15(19)10-8-14/h2-10H,11H2,1H3. The van der Waals surface area contributed by atoms with Gasteiger partial charge in [-0.15, -0.1) is 0 Å². The summed E-state index contributed by atoms with van der Waals surface area (Å²) in [4.78, 5) is 16.0. The Labute approximate surface area is 143 Å². The van der Waals surface area contributed by atoms with E-state index in [0.717, 1.165) is 21.8 Å². The zero-order chi connectivity index (χ0) is 16.2. The van der Waals surface area contributed by atoms with Crippen LogP contribution in [-0.2, 0) is 11.2 Å². The Kier molecular flexibility index (Phi) is 4.74. The Balaban J connectivity index is 1.96. The molecule has 0 spiro atoms. The second kappa shape index (κ2) is 6.94. The lowest BCUT2D eigenvalue weighted by Crippen LogP contribution is -2.02. The summed E-state index contributed by atoms with van der Waals surface area (Å²) in [5.41, 5.74) is 2.84. The highest BCUT2D eigenvalue weighted by Crippen LogP contribution is 2.35. The summed E-state index contributed by atoms with van der Waals surface area (Å²) >= 11 is 7.29. The van der Waals surface area contributed by atoms with Crippen LogP contribution in [0.15, 0.2) is 54.6 Å². The molecule has 1 aromatic heterocycles. The first kappa shape index (κ1) is 15.7. The lowest BCUT2D eigenvalue weighted by atomic mass is 10.1. The van der Waals surface area contributed by atoms with Gasteiger partial charge in [-0.25, -0.2) is 4.98 Å². The van der Waals surface area contributed by atoms with Crippen molar-refractivity contribution in [2.75, 3.05) is 0 Å². The Bertz CT molecular complexity index is 813. The molecule has 0 unspecified atom stereocenters. The van der Waals surface area contributed by atoms with E-state index in [1.807, 2.05) is 54.6 Å². The molecule has 0 radical (unpaired) electrons. The maximum atomic E-state index is 11.3. The topological polar surface area (TPSA) is 39.2 Å². The molecule has 0 saturated heterocycles. The molecule has 0 aliphatic heterocycles. The summed E-state index contributed by atoms with van der Waals surface area (Å²) in [6.45, 7) is 1.40. The number of nitrogens with zero attached hydrogens (tertiary/aromatic N) is 1. The molecule has 0 amide bonds. The number of rotatable bonds is 4. The average molecular weight is 344 g/mol. The molecular formula is C18H14ClNO2S. The van der Waals surface area contributed by atoms with Gasteiger partial charge in [0.15, 0.2) is 0 Å². The average Bonchev–Trinajstić information content (AvgIpc) is 2.91. The van der Waals surface area contributed by atoms with Crippen LogP contribution in [0, 0.1) is 0 Å². The fourth-order valence-electron chi connectivity index (χ4n) is 2.16. The smallest absolute Gasteiger partial charge is 0.308 e. The molecule has 0 atom stereocenters. The molecule has 2 aromatic carbocycles. The van der Waals surface area contributed by atoms with Crippen molar-refractivity contribution in [3.63, 3.8) is 0 Å². The minimum Gasteiger partial charge on any atom is -0.414 e. The van der Waals surface area contributed by atoms with Gasteiger partial charge < -0.3 is 4.74 Å². The first-order chi connectivity index (χ1) is 11.1. The largest absolute Gasteiger partial charge is 0.414 e. The fourth-order valence-corrected chi connectivity index (χ4v) is 3.27. The van der Waals surface area contributed by atoms with Gasteiger partial charge in [-0.1, -0.05) is 65.4 Å². The third kappa shape index (κ3) is 3.97. The Morgan fingerprint density at radius 2 is 1.83 bits per heavy atom. The minimum atomic E-state index is -0.342. The summed E-state index contributed by atoms with van der Waals surface area (Å²) in [6, 6.07) is 17.4. The number of esters is 1. The molecule has 0 bridgehead atoms. The minimum absolute atomic E-state index is 0.342. The third-order valence-corrected chi connectivity index (χ3v) is 4.48. The number of aromatic nitrogens is 1. The van der Waals surface area contributed by atoms with Crippen LogP contribution in [0.25, 0.3) is 10.6 Å². The van der Waals surface area contributed by atoms with Gasteiger partial charge in [0.05, 0.1) is 5.69 Å². The molecule has 0 aliphatic carbocycles. The van der Waals surface area contributed by atoms with Crippen molar-refractivity contribution in [3.05, 3.63) is 70.9 Å². The SMILES string of the molecule is CC(=O)Oc1sc(-c2ccc(Cl)cc2)nc1Cc1ccccc1. The normalized spacial score (nSPS) is 10.5. The van der Waals surface area contributed by atoms with Gasteiger partial charge in [-0.3, -0.25) is 4.79 Å². The van der Waals surface area contributed by atoms with Gasteiger partial charge in [0.25, 0.3) is 0 Å². The van der Waals surface area contributed by atoms with E-state index in [9.17, 15) is 4.79 Å². The third-order valence-electron chi connectivity index (χ3n) is 3.20. The van der Waals surface area contributed by atoms with Crippen molar-refractivity contribution >= 4 is 28.9 Å². The van der Waals surface area contributed by atoms with E-state index in [4.69, 9.17) is 16.3 Å². The molecule has 0 N–H and O–H groups in total. The second-order valence-electron chi connectivity index (χ2n) is 5.02. The molecular weight excluding hydrogens is 330 g/mol. The van der Waals surface area contributed by atoms with Crippen LogP contribution in [0.5, 0.6) is 5.06 Å². The van der Waals surface area contributed by atoms with Gasteiger partial charge in [0, 0.05) is 23.9 Å². The predicted molar refractivity (Wildman–Crippen MR) is 93.1 cm³/mol. The zero-order valence-electron chi connectivity index (χ0n) is 12.5. The van der Waals surface area contributed by atoms with Gasteiger partial charge in [0.1, 0.15) is 5.01 Å². The van der Waals surface area contributed by atoms with Crippen molar-refractivity contribution in [1.82, 2.24) is 4.98 Å². The number of ether oxygens (including phenoxy) is 1. The second-order valence-corrected chi connectivity index (χ2v) is 6.41. The van der Waals surface area contributed by atoms with E-state index in [1.54, 1.807) is 0 Å². The number of carbonyl (C=O) groups is 1. The van der Waals surface area contributed by atoms with E-state index in [0.29, 0.717) is 16.5 Å². The molecule has 0 saturated carbocycles. The van der Waals surface area contributed by atoms with Crippen molar-refractivity contribution < 1.29 is 9.53 Å². The van der Waals surface area contributed by atoms with E-state index in [-0.39, 0.29) is 5.97 Å². The van der Waals surface area contributed by atoms with Gasteiger partial charge >= 0.3 is 5.97 Å². The number of carbonyl (C=O) groups excluding carboxylic acids is 1. The molecule has 3 rings (SSSR count). The van der Waals surface area contributed by atoms with Crippen molar-refractivity contribution in [2.45, 2.75) is 13.3 Å². The lowest BCUT2D eigenvalue weighted by Gasteiger charge is -2.01. The molecule has 3 aromatic rings. The van der Waals surface area contributed by atoms with Crippen LogP contribution in [0.4, 0.5) is 0 Å². The maximum absolute atomic E-state index is 11.3. The van der Waals surface area contributed by atoms with Crippen molar-refractivity contribution in [1.29, 1.82) is 0 Å². The molecule has 1 heterocycles. The quantitative estimate of drug-likeness (QED) is 0.627. The highest BCUT2D eigenvalue weighted by atomic mass is 35.5. The molecule has 3 nitrogen and oxygen atoms in total. The van der Waals surface area contributed by atoms with Crippen LogP contribution >= 0.6 is 22.9 Å². The first-order valence-electron chi connectivity index (χ1n) is 7.10. The van der Waals surface area contributed by atoms with Crippen molar-refractivity contribution in [2.24, 2.45) is 0 Å². The van der Waals surface area contributed by atoms with Crippen molar-refractivity contribution in [3.8, 4) is 15.6 Å². The van der Waals surface area contributed by atoms with E-state index in [1.165, 1.54) is 18.3 Å². The molecule has 116 valence electrons. The Morgan fingerprint density at radius 3 is 2.48 bits per heavy atom. The van der Waals surface area contributed by atoms with E-state index >= 15 is 0 Å². The Hall–Kier alpha value is -2.17. The van der Waals surface area contributed by atoms with Gasteiger partial charge in [-0.05, 0) is 17.7 Å². The van der Waals surface area contributed by atoms with Crippen LogP contribution in [-0.4, -0.2) is 11.0 Å². The highest BCUT2D eigenvalue weighted by Gasteiger charge is 2.16. The monoisotopic (exact) mass is 343 g/mol. The predicted octanol–water partition coefficient (Wildman–Crippen LogP) is 4.98. The Morgan fingerprint density at radius 1 is 1.13 bits per heavy atom. The van der Waals surface area contributed by atoms with Crippen LogP contribution in [0.3, 0.4) is 0 Å².